The number of nitrogens with one attached hydrogen (secondary N) is 1. The average Bonchev–Trinajstić information content (AvgIpc) is 2.53. The molecule has 0 fully saturated rings. The number of aromatic nitrogens is 1. The number of carbonyl (C=O) groups excluding carboxylic acids is 1. The minimum atomic E-state index is 0.00940. The van der Waals surface area contributed by atoms with Gasteiger partial charge in [-0.1, -0.05) is 18.2 Å². The van der Waals surface area contributed by atoms with Crippen LogP contribution in [0.1, 0.15) is 27.0 Å². The highest BCUT2D eigenvalue weighted by atomic mass is 16.5. The summed E-state index contributed by atoms with van der Waals surface area (Å²) in [5.41, 5.74) is 3.70. The van der Waals surface area contributed by atoms with E-state index < -0.39 is 0 Å². The van der Waals surface area contributed by atoms with Crippen LogP contribution >= 0.6 is 0 Å². The Bertz CT molecular complexity index is 653. The predicted molar refractivity (Wildman–Crippen MR) is 76.1 cm³/mol. The van der Waals surface area contributed by atoms with Gasteiger partial charge in [-0.3, -0.25) is 9.78 Å². The molecule has 1 N–H and O–H groups in total. The maximum absolute atomic E-state index is 12.7. The number of nitrogens with zero attached hydrogens (tertiary/aromatic N) is 1. The van der Waals surface area contributed by atoms with Crippen molar-refractivity contribution in [2.75, 3.05) is 13.7 Å². The lowest BCUT2D eigenvalue weighted by atomic mass is 9.91. The first-order valence-corrected chi connectivity index (χ1v) is 6.65. The quantitative estimate of drug-likeness (QED) is 0.865. The maximum atomic E-state index is 12.7. The molecule has 3 rings (SSSR count). The molecular weight excluding hydrogens is 252 g/mol. The monoisotopic (exact) mass is 268 g/mol. The number of ether oxygens (including phenoxy) is 1. The molecule has 102 valence electrons. The zero-order valence-electron chi connectivity index (χ0n) is 11.3. The van der Waals surface area contributed by atoms with Gasteiger partial charge in [-0.25, -0.2) is 0 Å². The van der Waals surface area contributed by atoms with Crippen LogP contribution < -0.4 is 10.1 Å². The normalized spacial score (nSPS) is 13.7. The number of hydrogen-bond acceptors (Lipinski definition) is 4. The zero-order chi connectivity index (χ0) is 13.9. The molecule has 2 aromatic rings. The van der Waals surface area contributed by atoms with Crippen molar-refractivity contribution in [1.29, 1.82) is 0 Å². The molecule has 4 nitrogen and oxygen atoms in total. The highest BCUT2D eigenvalue weighted by molar-refractivity contribution is 6.10. The summed E-state index contributed by atoms with van der Waals surface area (Å²) in [6.07, 6.45) is 4.07. The van der Waals surface area contributed by atoms with Gasteiger partial charge in [0.1, 0.15) is 5.75 Å². The fourth-order valence-electron chi connectivity index (χ4n) is 2.55. The van der Waals surface area contributed by atoms with Gasteiger partial charge in [0.25, 0.3) is 0 Å². The summed E-state index contributed by atoms with van der Waals surface area (Å²) in [7, 11) is 1.57. The number of fused-ring (bicyclic) bond motifs is 1. The van der Waals surface area contributed by atoms with Gasteiger partial charge in [0.2, 0.25) is 0 Å². The van der Waals surface area contributed by atoms with Gasteiger partial charge in [-0.2, -0.15) is 0 Å². The van der Waals surface area contributed by atoms with Gasteiger partial charge in [-0.05, 0) is 30.2 Å². The van der Waals surface area contributed by atoms with Crippen LogP contribution in [0.2, 0.25) is 0 Å². The Balaban J connectivity index is 2.02. The molecule has 0 atom stereocenters. The average molecular weight is 268 g/mol. The van der Waals surface area contributed by atoms with E-state index in [1.165, 1.54) is 5.56 Å². The molecule has 0 aliphatic carbocycles. The van der Waals surface area contributed by atoms with E-state index >= 15 is 0 Å². The summed E-state index contributed by atoms with van der Waals surface area (Å²) >= 11 is 0. The van der Waals surface area contributed by atoms with Crippen molar-refractivity contribution in [2.45, 2.75) is 13.0 Å². The molecule has 0 saturated heterocycles. The lowest BCUT2D eigenvalue weighted by Gasteiger charge is -2.19. The van der Waals surface area contributed by atoms with Gasteiger partial charge >= 0.3 is 0 Å². The van der Waals surface area contributed by atoms with Crippen LogP contribution in [0.3, 0.4) is 0 Å². The lowest BCUT2D eigenvalue weighted by molar-refractivity contribution is 0.103. The number of pyridine rings is 1. The smallest absolute Gasteiger partial charge is 0.194 e. The molecule has 1 aromatic carbocycles. The first-order valence-electron chi connectivity index (χ1n) is 6.65. The van der Waals surface area contributed by atoms with Crippen LogP contribution in [0.4, 0.5) is 0 Å². The molecular formula is C16H16N2O2. The van der Waals surface area contributed by atoms with Gasteiger partial charge in [0.15, 0.2) is 5.78 Å². The molecule has 0 spiro atoms. The molecule has 1 aromatic heterocycles. The molecule has 1 aliphatic heterocycles. The first-order chi connectivity index (χ1) is 9.79. The van der Waals surface area contributed by atoms with Gasteiger partial charge < -0.3 is 10.1 Å². The number of carbonyl (C=O) groups is 1. The van der Waals surface area contributed by atoms with Crippen molar-refractivity contribution in [3.63, 3.8) is 0 Å². The summed E-state index contributed by atoms with van der Waals surface area (Å²) in [6, 6.07) is 7.64. The summed E-state index contributed by atoms with van der Waals surface area (Å²) < 4.78 is 5.13. The maximum Gasteiger partial charge on any atom is 0.194 e. The van der Waals surface area contributed by atoms with Crippen LogP contribution in [-0.4, -0.2) is 24.4 Å². The van der Waals surface area contributed by atoms with Crippen LogP contribution in [0.25, 0.3) is 0 Å². The number of ketones is 1. The molecule has 0 amide bonds. The number of hydrogen-bond donors (Lipinski definition) is 1. The minimum Gasteiger partial charge on any atom is -0.495 e. The molecule has 20 heavy (non-hydrogen) atoms. The fraction of sp³-hybridized carbons (Fsp3) is 0.250. The summed E-state index contributed by atoms with van der Waals surface area (Å²) in [5.74, 6) is 0.609. The summed E-state index contributed by atoms with van der Waals surface area (Å²) in [5, 5.41) is 3.32. The second-order valence-corrected chi connectivity index (χ2v) is 4.81. The number of rotatable bonds is 3. The molecule has 4 heteroatoms. The Kier molecular flexibility index (Phi) is 3.48. The lowest BCUT2D eigenvalue weighted by Crippen LogP contribution is -2.25. The molecule has 2 heterocycles. The highest BCUT2D eigenvalue weighted by Crippen LogP contribution is 2.22. The van der Waals surface area contributed by atoms with Crippen LogP contribution in [0.15, 0.2) is 36.7 Å². The SMILES string of the molecule is COc1cncc(C(=O)c2cccc3c2CCNC3)c1. The van der Waals surface area contributed by atoms with E-state index in [-0.39, 0.29) is 5.78 Å². The predicted octanol–water partition coefficient (Wildman–Crippen LogP) is 1.97. The van der Waals surface area contributed by atoms with Crippen molar-refractivity contribution >= 4 is 5.78 Å². The Morgan fingerprint density at radius 3 is 3.10 bits per heavy atom. The molecule has 0 unspecified atom stereocenters. The summed E-state index contributed by atoms with van der Waals surface area (Å²) in [6.45, 7) is 1.74. The second-order valence-electron chi connectivity index (χ2n) is 4.81. The number of benzene rings is 1. The largest absolute Gasteiger partial charge is 0.495 e. The van der Waals surface area contributed by atoms with Crippen molar-refractivity contribution in [1.82, 2.24) is 10.3 Å². The Labute approximate surface area is 117 Å². The standard InChI is InChI=1S/C16H16N2O2/c1-20-13-7-12(9-18-10-13)16(19)15-4-2-3-11-8-17-6-5-14(11)15/h2-4,7,9-10,17H,5-6,8H2,1H3. The number of methoxy groups -OCH3 is 1. The third kappa shape index (κ3) is 2.30. The third-order valence-electron chi connectivity index (χ3n) is 3.60. The van der Waals surface area contributed by atoms with Gasteiger partial charge in [0, 0.05) is 23.9 Å². The fourth-order valence-corrected chi connectivity index (χ4v) is 2.55. The van der Waals surface area contributed by atoms with E-state index in [1.807, 2.05) is 12.1 Å². The second kappa shape index (κ2) is 5.43. The van der Waals surface area contributed by atoms with E-state index in [4.69, 9.17) is 4.74 Å². The van der Waals surface area contributed by atoms with E-state index in [0.717, 1.165) is 30.6 Å². The van der Waals surface area contributed by atoms with E-state index in [9.17, 15) is 4.79 Å². The van der Waals surface area contributed by atoms with Crippen LogP contribution in [0, 0.1) is 0 Å². The van der Waals surface area contributed by atoms with Gasteiger partial charge in [0.05, 0.1) is 13.3 Å². The Morgan fingerprint density at radius 1 is 1.35 bits per heavy atom. The van der Waals surface area contributed by atoms with Crippen molar-refractivity contribution in [3.05, 3.63) is 58.9 Å². The highest BCUT2D eigenvalue weighted by Gasteiger charge is 2.18. The topological polar surface area (TPSA) is 51.2 Å². The van der Waals surface area contributed by atoms with Gasteiger partial charge in [-0.15, -0.1) is 0 Å². The summed E-state index contributed by atoms with van der Waals surface area (Å²) in [4.78, 5) is 16.7. The molecule has 1 aliphatic rings. The van der Waals surface area contributed by atoms with Crippen molar-refractivity contribution in [3.8, 4) is 5.75 Å². The van der Waals surface area contributed by atoms with Crippen molar-refractivity contribution in [2.24, 2.45) is 0 Å². The van der Waals surface area contributed by atoms with Crippen molar-refractivity contribution < 1.29 is 9.53 Å². The molecule has 0 radical (unpaired) electrons. The van der Waals surface area contributed by atoms with E-state index in [2.05, 4.69) is 16.4 Å². The van der Waals surface area contributed by atoms with E-state index in [1.54, 1.807) is 25.6 Å². The van der Waals surface area contributed by atoms with Crippen LogP contribution in [0.5, 0.6) is 5.75 Å². The Hall–Kier alpha value is -2.20. The zero-order valence-corrected chi connectivity index (χ0v) is 11.3. The molecule has 0 saturated carbocycles. The third-order valence-corrected chi connectivity index (χ3v) is 3.60. The minimum absolute atomic E-state index is 0.00940. The first kappa shape index (κ1) is 12.8. The van der Waals surface area contributed by atoms with E-state index in [0.29, 0.717) is 11.3 Å². The molecule has 0 bridgehead atoms. The Morgan fingerprint density at radius 2 is 2.25 bits per heavy atom. The van der Waals surface area contributed by atoms with Crippen LogP contribution in [-0.2, 0) is 13.0 Å².